The van der Waals surface area contributed by atoms with Gasteiger partial charge in [-0.15, -0.1) is 0 Å². The lowest BCUT2D eigenvalue weighted by molar-refractivity contribution is -0.00461. The number of amides is 1. The molecule has 1 aliphatic heterocycles. The highest BCUT2D eigenvalue weighted by atomic mass is 16.5. The Bertz CT molecular complexity index is 469. The fraction of sp³-hybridized carbons (Fsp3) is 0.600. The molecule has 0 aliphatic carbocycles. The maximum Gasteiger partial charge on any atom is 0.256 e. The molecule has 2 atom stereocenters. The molecule has 0 radical (unpaired) electrons. The van der Waals surface area contributed by atoms with Crippen LogP contribution in [-0.4, -0.2) is 61.9 Å². The van der Waals surface area contributed by atoms with Crippen molar-refractivity contribution in [3.05, 3.63) is 24.0 Å². The lowest BCUT2D eigenvalue weighted by Gasteiger charge is -2.18. The van der Waals surface area contributed by atoms with Crippen molar-refractivity contribution in [3.63, 3.8) is 0 Å². The Balaban J connectivity index is 2.13. The smallest absolute Gasteiger partial charge is 0.256 e. The molecule has 1 aliphatic rings. The average molecular weight is 293 g/mol. The molecule has 2 unspecified atom stereocenters. The molecule has 0 saturated carbocycles. The highest BCUT2D eigenvalue weighted by molar-refractivity contribution is 5.99. The van der Waals surface area contributed by atoms with Crippen LogP contribution in [0.3, 0.4) is 0 Å². The lowest BCUT2D eigenvalue weighted by Crippen LogP contribution is -2.30. The van der Waals surface area contributed by atoms with Gasteiger partial charge < -0.3 is 19.7 Å². The molecule has 1 fully saturated rings. The van der Waals surface area contributed by atoms with Crippen molar-refractivity contribution in [3.8, 4) is 0 Å². The van der Waals surface area contributed by atoms with Gasteiger partial charge in [0.2, 0.25) is 0 Å². The number of nitrogens with zero attached hydrogens (tertiary/aromatic N) is 2. The summed E-state index contributed by atoms with van der Waals surface area (Å²) in [5.74, 6) is -0.0161. The lowest BCUT2D eigenvalue weighted by atomic mass is 10.2. The van der Waals surface area contributed by atoms with Crippen LogP contribution in [0.15, 0.2) is 18.5 Å². The molecule has 0 bridgehead atoms. The molecular weight excluding hydrogens is 270 g/mol. The number of carbonyl (C=O) groups excluding carboxylic acids is 1. The quantitative estimate of drug-likeness (QED) is 0.858. The average Bonchev–Trinajstić information content (AvgIpc) is 2.95. The van der Waals surface area contributed by atoms with Crippen LogP contribution in [0.2, 0.25) is 0 Å². The van der Waals surface area contributed by atoms with Crippen LogP contribution in [0.4, 0.5) is 5.69 Å². The molecular formula is C15H23N3O3. The minimum Gasteiger partial charge on any atom is -0.383 e. The predicted octanol–water partition coefficient (Wildman–Crippen LogP) is 1.39. The van der Waals surface area contributed by atoms with Gasteiger partial charge in [0, 0.05) is 40.1 Å². The number of methoxy groups -OCH3 is 2. The van der Waals surface area contributed by atoms with E-state index >= 15 is 0 Å². The fourth-order valence-corrected chi connectivity index (χ4v) is 2.51. The van der Waals surface area contributed by atoms with E-state index in [0.29, 0.717) is 18.7 Å². The molecule has 0 aromatic carbocycles. The normalized spacial score (nSPS) is 21.6. The zero-order valence-electron chi connectivity index (χ0n) is 12.8. The van der Waals surface area contributed by atoms with Gasteiger partial charge in [0.05, 0.1) is 17.4 Å². The van der Waals surface area contributed by atoms with Crippen molar-refractivity contribution in [1.82, 2.24) is 9.88 Å². The minimum atomic E-state index is -0.0761. The van der Waals surface area contributed by atoms with Gasteiger partial charge in [0.1, 0.15) is 12.2 Å². The third kappa shape index (κ3) is 3.51. The highest BCUT2D eigenvalue weighted by Crippen LogP contribution is 2.21. The molecule has 116 valence electrons. The summed E-state index contributed by atoms with van der Waals surface area (Å²) < 4.78 is 10.8. The molecule has 0 spiro atoms. The number of ether oxygens (including phenoxy) is 2. The van der Waals surface area contributed by atoms with Crippen LogP contribution in [0.25, 0.3) is 0 Å². The zero-order valence-corrected chi connectivity index (χ0v) is 12.8. The molecule has 1 aromatic heterocycles. The Hall–Kier alpha value is -1.66. The summed E-state index contributed by atoms with van der Waals surface area (Å²) >= 11 is 0. The molecule has 1 amide bonds. The number of hydrogen-bond donors (Lipinski definition) is 1. The SMILES string of the molecule is CCCNc1cnccc1C(=O)N1CC(OC)C(OC)C1. The van der Waals surface area contributed by atoms with E-state index in [1.807, 2.05) is 0 Å². The molecule has 21 heavy (non-hydrogen) atoms. The topological polar surface area (TPSA) is 63.7 Å². The maximum atomic E-state index is 12.7. The Morgan fingerprint density at radius 1 is 1.38 bits per heavy atom. The third-order valence-electron chi connectivity index (χ3n) is 3.72. The summed E-state index contributed by atoms with van der Waals surface area (Å²) in [6, 6.07) is 1.75. The van der Waals surface area contributed by atoms with Gasteiger partial charge in [0.15, 0.2) is 0 Å². The van der Waals surface area contributed by atoms with E-state index in [9.17, 15) is 4.79 Å². The third-order valence-corrected chi connectivity index (χ3v) is 3.72. The van der Waals surface area contributed by atoms with Crippen molar-refractivity contribution in [1.29, 1.82) is 0 Å². The van der Waals surface area contributed by atoms with Crippen molar-refractivity contribution < 1.29 is 14.3 Å². The number of aromatic nitrogens is 1. The molecule has 2 rings (SSSR count). The Morgan fingerprint density at radius 2 is 2.05 bits per heavy atom. The second kappa shape index (κ2) is 7.38. The largest absolute Gasteiger partial charge is 0.383 e. The van der Waals surface area contributed by atoms with Crippen LogP contribution in [0, 0.1) is 0 Å². The van der Waals surface area contributed by atoms with E-state index in [2.05, 4.69) is 17.2 Å². The number of carbonyl (C=O) groups is 1. The predicted molar refractivity (Wildman–Crippen MR) is 80.5 cm³/mol. The summed E-state index contributed by atoms with van der Waals surface area (Å²) in [6.45, 7) is 3.98. The van der Waals surface area contributed by atoms with Crippen molar-refractivity contribution >= 4 is 11.6 Å². The summed E-state index contributed by atoms with van der Waals surface area (Å²) in [5, 5.41) is 3.25. The van der Waals surface area contributed by atoms with Gasteiger partial charge in [-0.25, -0.2) is 0 Å². The van der Waals surface area contributed by atoms with Crippen molar-refractivity contribution in [2.45, 2.75) is 25.6 Å². The molecule has 1 aromatic rings. The number of anilines is 1. The van der Waals surface area contributed by atoms with Crippen LogP contribution in [-0.2, 0) is 9.47 Å². The Kier molecular flexibility index (Phi) is 5.52. The van der Waals surface area contributed by atoms with Crippen LogP contribution in [0.1, 0.15) is 23.7 Å². The number of nitrogens with one attached hydrogen (secondary N) is 1. The summed E-state index contributed by atoms with van der Waals surface area (Å²) in [4.78, 5) is 18.6. The van der Waals surface area contributed by atoms with Crippen LogP contribution >= 0.6 is 0 Å². The van der Waals surface area contributed by atoms with Gasteiger partial charge in [-0.2, -0.15) is 0 Å². The number of hydrogen-bond acceptors (Lipinski definition) is 5. The molecule has 2 heterocycles. The zero-order chi connectivity index (χ0) is 15.2. The van der Waals surface area contributed by atoms with Crippen molar-refractivity contribution in [2.75, 3.05) is 39.2 Å². The summed E-state index contributed by atoms with van der Waals surface area (Å²) in [7, 11) is 3.29. The molecule has 6 nitrogen and oxygen atoms in total. The first-order valence-electron chi connectivity index (χ1n) is 7.24. The van der Waals surface area contributed by atoms with Crippen LogP contribution < -0.4 is 5.32 Å². The first kappa shape index (κ1) is 15.7. The number of likely N-dealkylation sites (tertiary alicyclic amines) is 1. The minimum absolute atomic E-state index is 0.0161. The summed E-state index contributed by atoms with van der Waals surface area (Å²) in [5.41, 5.74) is 1.42. The number of pyridine rings is 1. The molecule has 6 heteroatoms. The Labute approximate surface area is 125 Å². The first-order chi connectivity index (χ1) is 10.2. The van der Waals surface area contributed by atoms with E-state index in [1.165, 1.54) is 0 Å². The Morgan fingerprint density at radius 3 is 2.62 bits per heavy atom. The number of rotatable bonds is 6. The first-order valence-corrected chi connectivity index (χ1v) is 7.24. The van der Waals surface area contributed by atoms with Crippen molar-refractivity contribution in [2.24, 2.45) is 0 Å². The van der Waals surface area contributed by atoms with Gasteiger partial charge in [0.25, 0.3) is 5.91 Å². The second-order valence-electron chi connectivity index (χ2n) is 5.11. The summed E-state index contributed by atoms with van der Waals surface area (Å²) in [6.07, 6.45) is 4.17. The van der Waals surface area contributed by atoms with E-state index in [-0.39, 0.29) is 18.1 Å². The van der Waals surface area contributed by atoms with E-state index in [1.54, 1.807) is 37.6 Å². The highest BCUT2D eigenvalue weighted by Gasteiger charge is 2.36. The standard InChI is InChI=1S/C15H23N3O3/c1-4-6-17-12-8-16-7-5-11(12)15(19)18-9-13(20-2)14(10-18)21-3/h5,7-8,13-14,17H,4,6,9-10H2,1-3H3. The monoisotopic (exact) mass is 293 g/mol. The van der Waals surface area contributed by atoms with Gasteiger partial charge in [-0.05, 0) is 12.5 Å². The van der Waals surface area contributed by atoms with Gasteiger partial charge in [-0.3, -0.25) is 9.78 Å². The van der Waals surface area contributed by atoms with E-state index in [0.717, 1.165) is 18.7 Å². The second-order valence-corrected chi connectivity index (χ2v) is 5.11. The van der Waals surface area contributed by atoms with Gasteiger partial charge >= 0.3 is 0 Å². The fourth-order valence-electron chi connectivity index (χ4n) is 2.51. The maximum absolute atomic E-state index is 12.7. The molecule has 1 saturated heterocycles. The van der Waals surface area contributed by atoms with E-state index < -0.39 is 0 Å². The molecule has 1 N–H and O–H groups in total. The van der Waals surface area contributed by atoms with Gasteiger partial charge in [-0.1, -0.05) is 6.92 Å². The van der Waals surface area contributed by atoms with E-state index in [4.69, 9.17) is 9.47 Å². The van der Waals surface area contributed by atoms with Crippen LogP contribution in [0.5, 0.6) is 0 Å².